The Kier molecular flexibility index (Phi) is 5.49. The van der Waals surface area contributed by atoms with Gasteiger partial charge in [0.15, 0.2) is 0 Å². The Bertz CT molecular complexity index is 517. The molecule has 0 radical (unpaired) electrons. The molecule has 2 aliphatic rings. The molecule has 23 heavy (non-hydrogen) atoms. The van der Waals surface area contributed by atoms with Crippen LogP contribution in [0.2, 0.25) is 0 Å². The van der Waals surface area contributed by atoms with Crippen LogP contribution < -0.4 is 10.6 Å². The van der Waals surface area contributed by atoms with Gasteiger partial charge in [0.25, 0.3) is 0 Å². The highest BCUT2D eigenvalue weighted by Gasteiger charge is 2.30. The molecular formula is C18H26N2O2S. The minimum Gasteiger partial charge on any atom is -0.373 e. The molecule has 0 saturated carbocycles. The molecule has 1 aromatic carbocycles. The van der Waals surface area contributed by atoms with E-state index in [1.165, 1.54) is 24.2 Å². The van der Waals surface area contributed by atoms with E-state index >= 15 is 0 Å². The highest BCUT2D eigenvalue weighted by Crippen LogP contribution is 2.37. The van der Waals surface area contributed by atoms with Crippen LogP contribution in [0.4, 0.5) is 4.79 Å². The van der Waals surface area contributed by atoms with Crippen molar-refractivity contribution in [2.45, 2.75) is 49.5 Å². The van der Waals surface area contributed by atoms with E-state index in [0.29, 0.717) is 6.61 Å². The van der Waals surface area contributed by atoms with Gasteiger partial charge >= 0.3 is 6.03 Å². The Morgan fingerprint density at radius 1 is 1.39 bits per heavy atom. The van der Waals surface area contributed by atoms with Crippen LogP contribution in [0.5, 0.6) is 0 Å². The largest absolute Gasteiger partial charge is 0.373 e. The van der Waals surface area contributed by atoms with Crippen LogP contribution in [0, 0.1) is 0 Å². The third-order valence-corrected chi connectivity index (χ3v) is 6.25. The van der Waals surface area contributed by atoms with Crippen LogP contribution in [0.25, 0.3) is 0 Å². The summed E-state index contributed by atoms with van der Waals surface area (Å²) in [6.45, 7) is 3.68. The first kappa shape index (κ1) is 16.7. The summed E-state index contributed by atoms with van der Waals surface area (Å²) >= 11 is 1.97. The molecule has 4 nitrogen and oxygen atoms in total. The van der Waals surface area contributed by atoms with E-state index in [1.807, 2.05) is 30.0 Å². The maximum Gasteiger partial charge on any atom is 0.315 e. The smallest absolute Gasteiger partial charge is 0.315 e. The SMILES string of the molecule is C[C@]1(CNC(=O)N[C@H]2CCO[C@@H](c3ccccc3)C2)CCCS1. The molecule has 0 unspecified atom stereocenters. The molecule has 2 amide bonds. The second kappa shape index (κ2) is 7.58. The monoisotopic (exact) mass is 334 g/mol. The van der Waals surface area contributed by atoms with E-state index in [0.717, 1.165) is 19.4 Å². The summed E-state index contributed by atoms with van der Waals surface area (Å²) < 4.78 is 6.07. The molecule has 0 spiro atoms. The second-order valence-electron chi connectivity index (χ2n) is 6.72. The highest BCUT2D eigenvalue weighted by molar-refractivity contribution is 8.00. The summed E-state index contributed by atoms with van der Waals surface area (Å²) in [5.74, 6) is 1.21. The lowest BCUT2D eigenvalue weighted by atomic mass is 9.97. The summed E-state index contributed by atoms with van der Waals surface area (Å²) in [4.78, 5) is 12.2. The van der Waals surface area contributed by atoms with Crippen LogP contribution in [-0.2, 0) is 4.74 Å². The summed E-state index contributed by atoms with van der Waals surface area (Å²) in [7, 11) is 0. The number of carbonyl (C=O) groups is 1. The van der Waals surface area contributed by atoms with Crippen molar-refractivity contribution in [1.82, 2.24) is 10.6 Å². The van der Waals surface area contributed by atoms with Crippen molar-refractivity contribution in [2.24, 2.45) is 0 Å². The van der Waals surface area contributed by atoms with Gasteiger partial charge in [-0.15, -0.1) is 0 Å². The summed E-state index contributed by atoms with van der Waals surface area (Å²) in [6, 6.07) is 10.4. The third-order valence-electron chi connectivity index (χ3n) is 4.71. The van der Waals surface area contributed by atoms with Gasteiger partial charge in [0.05, 0.1) is 6.10 Å². The molecule has 5 heteroatoms. The standard InChI is InChI=1S/C18H26N2O2S/c1-18(9-5-11-23-18)13-19-17(21)20-15-8-10-22-16(12-15)14-6-3-2-4-7-14/h2-4,6-7,15-16H,5,8-13H2,1H3,(H2,19,20,21)/t15-,16+,18+/m0/s1. The van der Waals surface area contributed by atoms with Gasteiger partial charge in [-0.05, 0) is 43.9 Å². The van der Waals surface area contributed by atoms with Crippen LogP contribution in [0.15, 0.2) is 30.3 Å². The van der Waals surface area contributed by atoms with Crippen molar-refractivity contribution in [3.05, 3.63) is 35.9 Å². The number of carbonyl (C=O) groups excluding carboxylic acids is 1. The Labute approximate surface area is 142 Å². The van der Waals surface area contributed by atoms with Crippen molar-refractivity contribution in [1.29, 1.82) is 0 Å². The first-order valence-corrected chi connectivity index (χ1v) is 9.48. The Hall–Kier alpha value is -1.20. The average Bonchev–Trinajstić information content (AvgIpc) is 3.01. The number of ether oxygens (including phenoxy) is 1. The van der Waals surface area contributed by atoms with Crippen molar-refractivity contribution in [2.75, 3.05) is 18.9 Å². The van der Waals surface area contributed by atoms with Gasteiger partial charge in [0, 0.05) is 23.9 Å². The number of rotatable bonds is 4. The first-order valence-electron chi connectivity index (χ1n) is 8.49. The molecule has 0 bridgehead atoms. The maximum absolute atomic E-state index is 12.2. The lowest BCUT2D eigenvalue weighted by Gasteiger charge is -2.31. The number of benzene rings is 1. The number of urea groups is 1. The van der Waals surface area contributed by atoms with Crippen molar-refractivity contribution < 1.29 is 9.53 Å². The maximum atomic E-state index is 12.2. The fraction of sp³-hybridized carbons (Fsp3) is 0.611. The normalized spacial score (nSPS) is 30.8. The molecule has 2 saturated heterocycles. The number of hydrogen-bond acceptors (Lipinski definition) is 3. The zero-order valence-electron chi connectivity index (χ0n) is 13.7. The number of hydrogen-bond donors (Lipinski definition) is 2. The van der Waals surface area contributed by atoms with Crippen LogP contribution >= 0.6 is 11.8 Å². The molecule has 3 atom stereocenters. The zero-order valence-corrected chi connectivity index (χ0v) is 14.5. The van der Waals surface area contributed by atoms with E-state index in [2.05, 4.69) is 29.7 Å². The van der Waals surface area contributed by atoms with Crippen LogP contribution in [0.3, 0.4) is 0 Å². The lowest BCUT2D eigenvalue weighted by molar-refractivity contribution is 0.00225. The van der Waals surface area contributed by atoms with Gasteiger partial charge in [-0.2, -0.15) is 11.8 Å². The Morgan fingerprint density at radius 2 is 2.22 bits per heavy atom. The van der Waals surface area contributed by atoms with Crippen LogP contribution in [-0.4, -0.2) is 35.7 Å². The molecular weight excluding hydrogens is 308 g/mol. The Balaban J connectivity index is 1.46. The first-order chi connectivity index (χ1) is 11.1. The predicted octanol–water partition coefficient (Wildman–Crippen LogP) is 3.49. The van der Waals surface area contributed by atoms with E-state index in [-0.39, 0.29) is 22.9 Å². The molecule has 1 aromatic rings. The summed E-state index contributed by atoms with van der Waals surface area (Å²) in [5.41, 5.74) is 1.19. The van der Waals surface area contributed by atoms with Crippen molar-refractivity contribution >= 4 is 17.8 Å². The molecule has 126 valence electrons. The molecule has 0 aliphatic carbocycles. The van der Waals surface area contributed by atoms with Gasteiger partial charge < -0.3 is 15.4 Å². The van der Waals surface area contributed by atoms with E-state index in [9.17, 15) is 4.79 Å². The minimum atomic E-state index is -0.0440. The molecule has 2 N–H and O–H groups in total. The van der Waals surface area contributed by atoms with Gasteiger partial charge in [-0.25, -0.2) is 4.79 Å². The zero-order chi connectivity index (χ0) is 16.1. The van der Waals surface area contributed by atoms with Gasteiger partial charge in [-0.1, -0.05) is 30.3 Å². The van der Waals surface area contributed by atoms with E-state index in [4.69, 9.17) is 4.74 Å². The predicted molar refractivity (Wildman–Crippen MR) is 94.8 cm³/mol. The highest BCUT2D eigenvalue weighted by atomic mass is 32.2. The molecule has 2 aliphatic heterocycles. The number of thioether (sulfide) groups is 1. The van der Waals surface area contributed by atoms with E-state index < -0.39 is 0 Å². The molecule has 2 fully saturated rings. The fourth-order valence-corrected chi connectivity index (χ4v) is 4.55. The van der Waals surface area contributed by atoms with E-state index in [1.54, 1.807) is 0 Å². The topological polar surface area (TPSA) is 50.4 Å². The van der Waals surface area contributed by atoms with Crippen LogP contribution in [0.1, 0.15) is 44.3 Å². The quantitative estimate of drug-likeness (QED) is 0.886. The minimum absolute atomic E-state index is 0.0440. The van der Waals surface area contributed by atoms with Crippen molar-refractivity contribution in [3.63, 3.8) is 0 Å². The Morgan fingerprint density at radius 3 is 2.96 bits per heavy atom. The lowest BCUT2D eigenvalue weighted by Crippen LogP contribution is -2.48. The number of amides is 2. The molecule has 3 rings (SSSR count). The molecule has 0 aromatic heterocycles. The fourth-order valence-electron chi connectivity index (χ4n) is 3.31. The van der Waals surface area contributed by atoms with Gasteiger partial charge in [0.2, 0.25) is 0 Å². The van der Waals surface area contributed by atoms with Gasteiger partial charge in [0.1, 0.15) is 0 Å². The van der Waals surface area contributed by atoms with Crippen molar-refractivity contribution in [3.8, 4) is 0 Å². The summed E-state index contributed by atoms with van der Waals surface area (Å²) in [5, 5.41) is 6.18. The van der Waals surface area contributed by atoms with Gasteiger partial charge in [-0.3, -0.25) is 0 Å². The summed E-state index contributed by atoms with van der Waals surface area (Å²) in [6.07, 6.45) is 4.24. The number of nitrogens with one attached hydrogen (secondary N) is 2. The second-order valence-corrected chi connectivity index (χ2v) is 8.40. The molecule has 2 heterocycles. The third kappa shape index (κ3) is 4.64. The average molecular weight is 334 g/mol.